The van der Waals surface area contributed by atoms with Gasteiger partial charge in [0.15, 0.2) is 0 Å². The summed E-state index contributed by atoms with van der Waals surface area (Å²) in [6, 6.07) is 17.5. The van der Waals surface area contributed by atoms with Gasteiger partial charge < -0.3 is 24.5 Å². The zero-order valence-corrected chi connectivity index (χ0v) is 22.2. The molecule has 0 bridgehead atoms. The highest BCUT2D eigenvalue weighted by Gasteiger charge is 2.46. The lowest BCUT2D eigenvalue weighted by atomic mass is 9.80. The number of ether oxygens (including phenoxy) is 1. The summed E-state index contributed by atoms with van der Waals surface area (Å²) in [5.41, 5.74) is -0.597. The normalized spacial score (nSPS) is 20.4. The topological polar surface area (TPSA) is 79.2 Å². The summed E-state index contributed by atoms with van der Waals surface area (Å²) < 4.78 is 12.1. The van der Waals surface area contributed by atoms with Crippen LogP contribution in [0, 0.1) is 0 Å². The van der Waals surface area contributed by atoms with Gasteiger partial charge in [0, 0.05) is 19.4 Å². The van der Waals surface area contributed by atoms with Crippen LogP contribution in [0.1, 0.15) is 78.5 Å². The summed E-state index contributed by atoms with van der Waals surface area (Å²) in [5, 5.41) is 20.9. The number of aliphatic hydroxyl groups is 2. The molecule has 2 N–H and O–H groups in total. The van der Waals surface area contributed by atoms with Crippen LogP contribution in [-0.2, 0) is 15.0 Å². The largest absolute Gasteiger partial charge is 0.438 e. The lowest BCUT2D eigenvalue weighted by molar-refractivity contribution is -0.101. The second-order valence-corrected chi connectivity index (χ2v) is 11.4. The molecule has 2 aromatic rings. The van der Waals surface area contributed by atoms with Gasteiger partial charge in [0.05, 0.1) is 22.8 Å². The van der Waals surface area contributed by atoms with Crippen LogP contribution in [0.3, 0.4) is 0 Å². The van der Waals surface area contributed by atoms with Crippen LogP contribution in [-0.4, -0.2) is 52.0 Å². The molecule has 0 radical (unpaired) electrons. The second kappa shape index (κ2) is 9.96. The zero-order chi connectivity index (χ0) is 26.1. The number of amides is 1. The summed E-state index contributed by atoms with van der Waals surface area (Å²) in [5.74, 6) is 0. The molecule has 1 heterocycles. The Balaban J connectivity index is 1.71. The Labute approximate surface area is 210 Å². The molecule has 1 aliphatic heterocycles. The standard InChI is InChI=1S/C28H40BNO5/c1-20(21-13-15-23(16-14-21)29-35-27(6,7)26(4,5)33)30-18-17-28(34-24(30)31,19-25(2,3)32)22-11-9-8-10-12-22/h8-16,20,29,32-33H,17-19H2,1-7H3/t20-,28-/m0/s1. The number of hydrogen-bond donors (Lipinski definition) is 2. The molecule has 190 valence electrons. The number of benzene rings is 2. The van der Waals surface area contributed by atoms with E-state index < -0.39 is 22.4 Å². The molecule has 3 rings (SSSR count). The third kappa shape index (κ3) is 6.46. The second-order valence-electron chi connectivity index (χ2n) is 11.4. The van der Waals surface area contributed by atoms with E-state index in [4.69, 9.17) is 9.39 Å². The first-order valence-electron chi connectivity index (χ1n) is 12.4. The molecule has 35 heavy (non-hydrogen) atoms. The van der Waals surface area contributed by atoms with E-state index in [1.165, 1.54) is 0 Å². The van der Waals surface area contributed by atoms with Crippen LogP contribution in [0.15, 0.2) is 54.6 Å². The van der Waals surface area contributed by atoms with E-state index in [1.54, 1.807) is 32.6 Å². The Kier molecular flexibility index (Phi) is 7.75. The average Bonchev–Trinajstić information content (AvgIpc) is 2.76. The van der Waals surface area contributed by atoms with Crippen molar-refractivity contribution in [2.75, 3.05) is 6.54 Å². The molecule has 1 saturated heterocycles. The first-order chi connectivity index (χ1) is 16.1. The van der Waals surface area contributed by atoms with Gasteiger partial charge in [-0.05, 0) is 59.6 Å². The fraction of sp³-hybridized carbons (Fsp3) is 0.536. The van der Waals surface area contributed by atoms with Crippen LogP contribution in [0.25, 0.3) is 0 Å². The van der Waals surface area contributed by atoms with Gasteiger partial charge >= 0.3 is 13.6 Å². The van der Waals surface area contributed by atoms with E-state index >= 15 is 0 Å². The summed E-state index contributed by atoms with van der Waals surface area (Å²) in [7, 11) is 0.383. The van der Waals surface area contributed by atoms with E-state index in [-0.39, 0.29) is 12.1 Å². The molecule has 7 heteroatoms. The molecule has 0 saturated carbocycles. The third-order valence-electron chi connectivity index (χ3n) is 7.29. The molecule has 0 unspecified atom stereocenters. The molecule has 1 fully saturated rings. The van der Waals surface area contributed by atoms with Crippen LogP contribution in [0.4, 0.5) is 4.79 Å². The minimum Gasteiger partial charge on any atom is -0.438 e. The van der Waals surface area contributed by atoms with Crippen LogP contribution in [0.2, 0.25) is 0 Å². The molecule has 6 nitrogen and oxygen atoms in total. The summed E-state index contributed by atoms with van der Waals surface area (Å²) >= 11 is 0. The third-order valence-corrected chi connectivity index (χ3v) is 7.29. The van der Waals surface area contributed by atoms with Crippen LogP contribution >= 0.6 is 0 Å². The van der Waals surface area contributed by atoms with Gasteiger partial charge in [0.1, 0.15) is 5.60 Å². The maximum Gasteiger partial charge on any atom is 0.411 e. The molecule has 0 aliphatic carbocycles. The van der Waals surface area contributed by atoms with E-state index in [9.17, 15) is 15.0 Å². The number of hydrogen-bond acceptors (Lipinski definition) is 5. The van der Waals surface area contributed by atoms with Crippen molar-refractivity contribution >= 4 is 19.0 Å². The van der Waals surface area contributed by atoms with E-state index in [0.29, 0.717) is 26.9 Å². The smallest absolute Gasteiger partial charge is 0.411 e. The molecule has 2 aromatic carbocycles. The first-order valence-corrected chi connectivity index (χ1v) is 12.4. The molecule has 0 aromatic heterocycles. The maximum atomic E-state index is 13.2. The Hall–Kier alpha value is -2.35. The lowest BCUT2D eigenvalue weighted by Gasteiger charge is -2.45. The predicted molar refractivity (Wildman–Crippen MR) is 140 cm³/mol. The minimum atomic E-state index is -0.985. The van der Waals surface area contributed by atoms with Crippen molar-refractivity contribution in [2.24, 2.45) is 0 Å². The number of nitrogens with zero attached hydrogens (tertiary/aromatic N) is 1. The van der Waals surface area contributed by atoms with Crippen molar-refractivity contribution in [3.63, 3.8) is 0 Å². The minimum absolute atomic E-state index is 0.166. The molecule has 1 amide bonds. The van der Waals surface area contributed by atoms with E-state index in [2.05, 4.69) is 0 Å². The van der Waals surface area contributed by atoms with Crippen molar-refractivity contribution in [1.29, 1.82) is 0 Å². The Bertz CT molecular complexity index is 995. The molecule has 2 atom stereocenters. The van der Waals surface area contributed by atoms with Gasteiger partial charge in [-0.15, -0.1) is 0 Å². The zero-order valence-electron chi connectivity index (χ0n) is 22.2. The fourth-order valence-electron chi connectivity index (χ4n) is 4.40. The predicted octanol–water partition coefficient (Wildman–Crippen LogP) is 4.19. The van der Waals surface area contributed by atoms with Gasteiger partial charge in [-0.3, -0.25) is 0 Å². The Morgan fingerprint density at radius 2 is 1.63 bits per heavy atom. The molecular formula is C28H40BNO5. The maximum absolute atomic E-state index is 13.2. The van der Waals surface area contributed by atoms with Gasteiger partial charge in [-0.1, -0.05) is 60.1 Å². The van der Waals surface area contributed by atoms with Gasteiger partial charge in [0.25, 0.3) is 0 Å². The Morgan fingerprint density at radius 1 is 1.03 bits per heavy atom. The van der Waals surface area contributed by atoms with Crippen molar-refractivity contribution in [3.05, 3.63) is 65.7 Å². The van der Waals surface area contributed by atoms with Crippen molar-refractivity contribution in [1.82, 2.24) is 4.90 Å². The van der Waals surface area contributed by atoms with Gasteiger partial charge in [0.2, 0.25) is 0 Å². The lowest BCUT2D eigenvalue weighted by Crippen LogP contribution is -2.51. The van der Waals surface area contributed by atoms with Crippen molar-refractivity contribution in [3.8, 4) is 0 Å². The van der Waals surface area contributed by atoms with Crippen molar-refractivity contribution < 1.29 is 24.4 Å². The first kappa shape index (κ1) is 27.2. The number of carbonyl (C=O) groups is 1. The summed E-state index contributed by atoms with van der Waals surface area (Å²) in [6.45, 7) is 13.2. The van der Waals surface area contributed by atoms with Gasteiger partial charge in [-0.25, -0.2) is 4.79 Å². The monoisotopic (exact) mass is 481 g/mol. The molecule has 0 spiro atoms. The molecule has 1 aliphatic rings. The number of rotatable bonds is 9. The highest BCUT2D eigenvalue weighted by atomic mass is 16.6. The summed E-state index contributed by atoms with van der Waals surface area (Å²) in [6.07, 6.45) is 0.541. The number of carbonyl (C=O) groups excluding carboxylic acids is 1. The highest BCUT2D eigenvalue weighted by molar-refractivity contribution is 6.47. The quantitative estimate of drug-likeness (QED) is 0.526. The number of cyclic esters (lactones) is 1. The average molecular weight is 481 g/mol. The SMILES string of the molecule is C[C@@H](c1ccc(BOC(C)(C)C(C)(C)O)cc1)N1CC[C@](CC(C)(C)O)(c2ccccc2)OC1=O. The van der Waals surface area contributed by atoms with E-state index in [1.807, 2.05) is 75.4 Å². The fourth-order valence-corrected chi connectivity index (χ4v) is 4.40. The van der Waals surface area contributed by atoms with Gasteiger partial charge in [-0.2, -0.15) is 0 Å². The van der Waals surface area contributed by atoms with Crippen LogP contribution < -0.4 is 5.46 Å². The van der Waals surface area contributed by atoms with E-state index in [0.717, 1.165) is 16.6 Å². The summed E-state index contributed by atoms with van der Waals surface area (Å²) in [4.78, 5) is 15.0. The Morgan fingerprint density at radius 3 is 2.14 bits per heavy atom. The highest BCUT2D eigenvalue weighted by Crippen LogP contribution is 2.42. The van der Waals surface area contributed by atoms with Crippen LogP contribution in [0.5, 0.6) is 0 Å². The van der Waals surface area contributed by atoms with Crippen molar-refractivity contribution in [2.45, 2.75) is 89.8 Å². The molecular weight excluding hydrogens is 441 g/mol.